The number of rotatable bonds is 8. The third-order valence-electron chi connectivity index (χ3n) is 4.36. The van der Waals surface area contributed by atoms with Gasteiger partial charge >= 0.3 is 0 Å². The van der Waals surface area contributed by atoms with Gasteiger partial charge in [0.05, 0.1) is 11.5 Å². The molecule has 5 nitrogen and oxygen atoms in total. The van der Waals surface area contributed by atoms with Crippen LogP contribution in [0.15, 0.2) is 82.6 Å². The van der Waals surface area contributed by atoms with Crippen LogP contribution in [0, 0.1) is 11.3 Å². The molecular weight excluding hydrogens is 434 g/mol. The van der Waals surface area contributed by atoms with Crippen molar-refractivity contribution in [3.05, 3.63) is 93.9 Å². The summed E-state index contributed by atoms with van der Waals surface area (Å²) in [6.07, 6.45) is 1.32. The van der Waals surface area contributed by atoms with Crippen LogP contribution in [0.1, 0.15) is 18.1 Å². The van der Waals surface area contributed by atoms with E-state index >= 15 is 0 Å². The Bertz CT molecular complexity index is 1230. The zero-order chi connectivity index (χ0) is 22.3. The third kappa shape index (κ3) is 5.46. The Morgan fingerprint density at radius 1 is 1.00 bits per heavy atom. The van der Waals surface area contributed by atoms with E-state index in [0.29, 0.717) is 28.7 Å². The number of allylic oxidation sites excluding steroid dienone is 1. The minimum atomic E-state index is -3.92. The van der Waals surface area contributed by atoms with Crippen LogP contribution in [0.4, 0.5) is 0 Å². The van der Waals surface area contributed by atoms with Crippen molar-refractivity contribution in [2.75, 3.05) is 6.61 Å². The Labute approximate surface area is 187 Å². The van der Waals surface area contributed by atoms with Crippen LogP contribution in [-0.4, -0.2) is 15.0 Å². The Hall–Kier alpha value is -3.27. The summed E-state index contributed by atoms with van der Waals surface area (Å²) in [6, 6.07) is 22.0. The number of hydrogen-bond donors (Lipinski definition) is 0. The van der Waals surface area contributed by atoms with Crippen LogP contribution >= 0.6 is 11.6 Å². The fourth-order valence-electron chi connectivity index (χ4n) is 2.82. The minimum absolute atomic E-state index is 0.0625. The molecule has 0 bridgehead atoms. The van der Waals surface area contributed by atoms with Crippen molar-refractivity contribution in [1.82, 2.24) is 0 Å². The Morgan fingerprint density at radius 2 is 1.71 bits per heavy atom. The molecule has 158 valence electrons. The van der Waals surface area contributed by atoms with E-state index in [-0.39, 0.29) is 16.4 Å². The monoisotopic (exact) mass is 453 g/mol. The van der Waals surface area contributed by atoms with Crippen molar-refractivity contribution in [2.45, 2.75) is 18.4 Å². The maximum atomic E-state index is 12.8. The van der Waals surface area contributed by atoms with Crippen molar-refractivity contribution >= 4 is 27.5 Å². The van der Waals surface area contributed by atoms with E-state index in [1.165, 1.54) is 18.2 Å². The molecule has 0 spiro atoms. The molecule has 0 heterocycles. The summed E-state index contributed by atoms with van der Waals surface area (Å²) in [5.41, 5.74) is 1.33. The summed E-state index contributed by atoms with van der Waals surface area (Å²) >= 11 is 6.18. The molecule has 3 aromatic carbocycles. The Kier molecular flexibility index (Phi) is 7.35. The number of ether oxygens (including phenoxy) is 2. The average Bonchev–Trinajstić information content (AvgIpc) is 2.78. The van der Waals surface area contributed by atoms with Gasteiger partial charge in [-0.25, -0.2) is 8.42 Å². The fourth-order valence-corrected chi connectivity index (χ4v) is 4.19. The van der Waals surface area contributed by atoms with E-state index < -0.39 is 9.84 Å². The highest BCUT2D eigenvalue weighted by molar-refractivity contribution is 7.95. The topological polar surface area (TPSA) is 76.4 Å². The van der Waals surface area contributed by atoms with Gasteiger partial charge in [0.15, 0.2) is 11.5 Å². The second kappa shape index (κ2) is 10.2. The SMILES string of the molecule is CCOc1cc(/C=C(/C#N)S(=O)(=O)c2ccccc2)ccc1OCc1ccccc1Cl. The molecule has 3 aromatic rings. The van der Waals surface area contributed by atoms with Gasteiger partial charge in [-0.1, -0.05) is 54.1 Å². The fraction of sp³-hybridized carbons (Fsp3) is 0.125. The number of nitriles is 1. The summed E-state index contributed by atoms with van der Waals surface area (Å²) < 4.78 is 37.1. The molecule has 0 radical (unpaired) electrons. The maximum Gasteiger partial charge on any atom is 0.216 e. The smallest absolute Gasteiger partial charge is 0.216 e. The molecule has 3 rings (SSSR count). The van der Waals surface area contributed by atoms with E-state index in [1.807, 2.05) is 25.1 Å². The molecule has 31 heavy (non-hydrogen) atoms. The molecule has 7 heteroatoms. The lowest BCUT2D eigenvalue weighted by Gasteiger charge is -2.13. The van der Waals surface area contributed by atoms with Crippen LogP contribution < -0.4 is 9.47 Å². The standard InChI is InChI=1S/C24H20ClNO4S/c1-2-29-24-15-18(12-13-23(24)30-17-19-8-6-7-11-22(19)25)14-21(16-26)31(27,28)20-9-4-3-5-10-20/h3-15H,2,17H2,1H3/b21-14-. The molecule has 0 aliphatic carbocycles. The maximum absolute atomic E-state index is 12.8. The summed E-state index contributed by atoms with van der Waals surface area (Å²) in [6.45, 7) is 2.48. The molecule has 0 aliphatic rings. The number of hydrogen-bond acceptors (Lipinski definition) is 5. The van der Waals surface area contributed by atoms with Gasteiger partial charge in [0.2, 0.25) is 9.84 Å². The molecule has 0 saturated carbocycles. The van der Waals surface area contributed by atoms with Gasteiger partial charge in [0, 0.05) is 10.6 Å². The lowest BCUT2D eigenvalue weighted by atomic mass is 10.2. The quantitative estimate of drug-likeness (QED) is 0.411. The van der Waals surface area contributed by atoms with Crippen LogP contribution in [0.2, 0.25) is 5.02 Å². The van der Waals surface area contributed by atoms with Crippen molar-refractivity contribution in [1.29, 1.82) is 5.26 Å². The molecule has 0 unspecified atom stereocenters. The van der Waals surface area contributed by atoms with Crippen molar-refractivity contribution in [3.8, 4) is 17.6 Å². The first-order valence-corrected chi connectivity index (χ1v) is 11.4. The molecular formula is C24H20ClNO4S. The molecule has 0 amide bonds. The highest BCUT2D eigenvalue weighted by Gasteiger charge is 2.20. The first-order chi connectivity index (χ1) is 15.0. The zero-order valence-corrected chi connectivity index (χ0v) is 18.4. The lowest BCUT2D eigenvalue weighted by molar-refractivity contribution is 0.269. The van der Waals surface area contributed by atoms with E-state index in [4.69, 9.17) is 21.1 Å². The molecule has 0 N–H and O–H groups in total. The second-order valence-corrected chi connectivity index (χ2v) is 8.78. The van der Waals surface area contributed by atoms with Gasteiger partial charge in [0.25, 0.3) is 0 Å². The van der Waals surface area contributed by atoms with Gasteiger partial charge in [-0.2, -0.15) is 5.26 Å². The Balaban J connectivity index is 1.90. The van der Waals surface area contributed by atoms with Gasteiger partial charge in [-0.3, -0.25) is 0 Å². The summed E-state index contributed by atoms with van der Waals surface area (Å²) in [5, 5.41) is 10.1. The molecule has 0 saturated heterocycles. The first-order valence-electron chi connectivity index (χ1n) is 9.50. The van der Waals surface area contributed by atoms with Crippen molar-refractivity contribution < 1.29 is 17.9 Å². The van der Waals surface area contributed by atoms with E-state index in [0.717, 1.165) is 5.56 Å². The highest BCUT2D eigenvalue weighted by Crippen LogP contribution is 2.31. The van der Waals surface area contributed by atoms with Crippen LogP contribution in [0.3, 0.4) is 0 Å². The number of sulfone groups is 1. The summed E-state index contributed by atoms with van der Waals surface area (Å²) in [7, 11) is -3.92. The van der Waals surface area contributed by atoms with Crippen LogP contribution in [-0.2, 0) is 16.4 Å². The van der Waals surface area contributed by atoms with Crippen molar-refractivity contribution in [3.63, 3.8) is 0 Å². The lowest BCUT2D eigenvalue weighted by Crippen LogP contribution is -2.03. The summed E-state index contributed by atoms with van der Waals surface area (Å²) in [5.74, 6) is 0.932. The zero-order valence-electron chi connectivity index (χ0n) is 16.8. The molecule has 0 fully saturated rings. The number of halogens is 1. The predicted molar refractivity (Wildman–Crippen MR) is 121 cm³/mol. The van der Waals surface area contributed by atoms with Gasteiger partial charge in [-0.15, -0.1) is 0 Å². The molecule has 0 aliphatic heterocycles. The highest BCUT2D eigenvalue weighted by atomic mass is 35.5. The normalized spacial score (nSPS) is 11.6. The van der Waals surface area contributed by atoms with Crippen LogP contribution in [0.25, 0.3) is 6.08 Å². The average molecular weight is 454 g/mol. The first kappa shape index (κ1) is 22.4. The Morgan fingerprint density at radius 3 is 2.39 bits per heavy atom. The van der Waals surface area contributed by atoms with E-state index in [2.05, 4.69) is 0 Å². The van der Waals surface area contributed by atoms with Gasteiger partial charge in [0.1, 0.15) is 17.6 Å². The van der Waals surface area contributed by atoms with E-state index in [9.17, 15) is 13.7 Å². The van der Waals surface area contributed by atoms with E-state index in [1.54, 1.807) is 48.5 Å². The number of nitrogens with zero attached hydrogens (tertiary/aromatic N) is 1. The number of benzene rings is 3. The summed E-state index contributed by atoms with van der Waals surface area (Å²) in [4.78, 5) is -0.293. The predicted octanol–water partition coefficient (Wildman–Crippen LogP) is 5.66. The third-order valence-corrected chi connectivity index (χ3v) is 6.41. The minimum Gasteiger partial charge on any atom is -0.490 e. The van der Waals surface area contributed by atoms with Gasteiger partial charge < -0.3 is 9.47 Å². The molecule has 0 atom stereocenters. The largest absolute Gasteiger partial charge is 0.490 e. The van der Waals surface area contributed by atoms with Gasteiger partial charge in [-0.05, 0) is 48.9 Å². The molecule has 0 aromatic heterocycles. The van der Waals surface area contributed by atoms with Crippen molar-refractivity contribution in [2.24, 2.45) is 0 Å². The second-order valence-electron chi connectivity index (χ2n) is 6.46. The van der Waals surface area contributed by atoms with Crippen LogP contribution in [0.5, 0.6) is 11.5 Å².